The molecule has 6 heteroatoms. The SMILES string of the molecule is Cc1ccc(COC[C@@H]2COc3cc(C(=O)N[C@@H]4C[C@@H]5CCN(C5)C4)ccc3O2)cc1. The Morgan fingerprint density at radius 2 is 2.03 bits per heavy atom. The van der Waals surface area contributed by atoms with Crippen molar-refractivity contribution in [2.45, 2.75) is 38.5 Å². The number of nitrogens with one attached hydrogen (secondary N) is 1. The lowest BCUT2D eigenvalue weighted by atomic mass is 9.96. The zero-order chi connectivity index (χ0) is 21.2. The van der Waals surface area contributed by atoms with Gasteiger partial charge in [-0.25, -0.2) is 0 Å². The highest BCUT2D eigenvalue weighted by Gasteiger charge is 2.33. The molecule has 0 aromatic heterocycles. The first kappa shape index (κ1) is 20.3. The van der Waals surface area contributed by atoms with Crippen LogP contribution in [0.25, 0.3) is 0 Å². The summed E-state index contributed by atoms with van der Waals surface area (Å²) in [5, 5.41) is 3.20. The van der Waals surface area contributed by atoms with E-state index >= 15 is 0 Å². The minimum absolute atomic E-state index is 0.0394. The molecule has 2 aromatic rings. The lowest BCUT2D eigenvalue weighted by molar-refractivity contribution is 0.00268. The second-order valence-corrected chi connectivity index (χ2v) is 9.03. The highest BCUT2D eigenvalue weighted by molar-refractivity contribution is 5.95. The van der Waals surface area contributed by atoms with Gasteiger partial charge in [0.1, 0.15) is 6.61 Å². The van der Waals surface area contributed by atoms with E-state index in [1.54, 1.807) is 6.07 Å². The molecule has 2 fully saturated rings. The minimum Gasteiger partial charge on any atom is -0.486 e. The predicted octanol–water partition coefficient (Wildman–Crippen LogP) is 3.18. The van der Waals surface area contributed by atoms with E-state index in [4.69, 9.17) is 14.2 Å². The third-order valence-electron chi connectivity index (χ3n) is 6.42. The van der Waals surface area contributed by atoms with Crippen molar-refractivity contribution in [2.75, 3.05) is 32.8 Å². The Bertz CT molecular complexity index is 918. The average molecular weight is 423 g/mol. The Hall–Kier alpha value is -2.57. The lowest BCUT2D eigenvalue weighted by Crippen LogP contribution is -2.47. The van der Waals surface area contributed by atoms with Crippen molar-refractivity contribution in [3.8, 4) is 11.5 Å². The molecule has 0 spiro atoms. The number of hydrogen-bond donors (Lipinski definition) is 1. The highest BCUT2D eigenvalue weighted by Crippen LogP contribution is 2.33. The van der Waals surface area contributed by atoms with E-state index in [9.17, 15) is 4.79 Å². The van der Waals surface area contributed by atoms with Crippen LogP contribution in [0.15, 0.2) is 42.5 Å². The molecule has 3 heterocycles. The van der Waals surface area contributed by atoms with Gasteiger partial charge in [-0.2, -0.15) is 0 Å². The van der Waals surface area contributed by atoms with Gasteiger partial charge in [-0.05, 0) is 56.0 Å². The summed E-state index contributed by atoms with van der Waals surface area (Å²) in [5.74, 6) is 1.97. The standard InChI is InChI=1S/C25H30N2O4/c1-17-2-4-18(5-3-17)14-29-15-22-16-30-24-11-20(6-7-23(24)31-22)25(28)26-21-10-19-8-9-27(12-19)13-21/h2-7,11,19,21-22H,8-10,12-16H2,1H3,(H,26,28)/t19-,21+,22+/m0/s1. The second kappa shape index (κ2) is 8.89. The van der Waals surface area contributed by atoms with Gasteiger partial charge in [0.15, 0.2) is 17.6 Å². The van der Waals surface area contributed by atoms with Gasteiger partial charge in [0.2, 0.25) is 0 Å². The molecule has 2 bridgehead atoms. The first-order valence-corrected chi connectivity index (χ1v) is 11.2. The quantitative estimate of drug-likeness (QED) is 0.775. The van der Waals surface area contributed by atoms with Crippen molar-refractivity contribution in [1.82, 2.24) is 10.2 Å². The number of benzene rings is 2. The summed E-state index contributed by atoms with van der Waals surface area (Å²) in [6, 6.07) is 14.0. The van der Waals surface area contributed by atoms with E-state index < -0.39 is 0 Å². The Morgan fingerprint density at radius 3 is 2.87 bits per heavy atom. The summed E-state index contributed by atoms with van der Waals surface area (Å²) in [6.45, 7) is 6.79. The monoisotopic (exact) mass is 422 g/mol. The van der Waals surface area contributed by atoms with Gasteiger partial charge < -0.3 is 24.4 Å². The summed E-state index contributed by atoms with van der Waals surface area (Å²) in [5.41, 5.74) is 2.99. The fourth-order valence-corrected chi connectivity index (χ4v) is 4.76. The molecule has 164 valence electrons. The van der Waals surface area contributed by atoms with Gasteiger partial charge in [-0.3, -0.25) is 4.79 Å². The average Bonchev–Trinajstić information content (AvgIpc) is 3.12. The molecule has 3 aliphatic rings. The van der Waals surface area contributed by atoms with E-state index in [1.165, 1.54) is 18.5 Å². The van der Waals surface area contributed by atoms with Crippen LogP contribution in [0.2, 0.25) is 0 Å². The molecule has 1 amide bonds. The molecular weight excluding hydrogens is 392 g/mol. The number of amides is 1. The van der Waals surface area contributed by atoms with Crippen molar-refractivity contribution < 1.29 is 19.0 Å². The van der Waals surface area contributed by atoms with E-state index in [1.807, 2.05) is 12.1 Å². The Labute approximate surface area is 183 Å². The number of carbonyl (C=O) groups is 1. The molecule has 0 saturated carbocycles. The molecule has 3 aliphatic heterocycles. The Balaban J connectivity index is 1.13. The van der Waals surface area contributed by atoms with E-state index in [-0.39, 0.29) is 18.1 Å². The van der Waals surface area contributed by atoms with Crippen LogP contribution in [0.4, 0.5) is 0 Å². The van der Waals surface area contributed by atoms with Crippen molar-refractivity contribution in [3.63, 3.8) is 0 Å². The van der Waals surface area contributed by atoms with Crippen molar-refractivity contribution in [2.24, 2.45) is 5.92 Å². The molecule has 1 N–H and O–H groups in total. The van der Waals surface area contributed by atoms with Gasteiger partial charge in [-0.15, -0.1) is 0 Å². The Kier molecular flexibility index (Phi) is 5.83. The number of fused-ring (bicyclic) bond motifs is 3. The van der Waals surface area contributed by atoms with Crippen LogP contribution < -0.4 is 14.8 Å². The molecule has 4 atom stereocenters. The molecule has 1 unspecified atom stereocenters. The van der Waals surface area contributed by atoms with Crippen LogP contribution in [0.3, 0.4) is 0 Å². The van der Waals surface area contributed by atoms with E-state index in [0.29, 0.717) is 36.9 Å². The van der Waals surface area contributed by atoms with Crippen LogP contribution in [0, 0.1) is 12.8 Å². The molecule has 0 radical (unpaired) electrons. The predicted molar refractivity (Wildman–Crippen MR) is 118 cm³/mol. The smallest absolute Gasteiger partial charge is 0.251 e. The zero-order valence-corrected chi connectivity index (χ0v) is 18.0. The summed E-state index contributed by atoms with van der Waals surface area (Å²) >= 11 is 0. The summed E-state index contributed by atoms with van der Waals surface area (Å²) in [7, 11) is 0. The third kappa shape index (κ3) is 4.86. The van der Waals surface area contributed by atoms with Gasteiger partial charge in [-0.1, -0.05) is 29.8 Å². The van der Waals surface area contributed by atoms with Crippen LogP contribution >= 0.6 is 0 Å². The van der Waals surface area contributed by atoms with Crippen LogP contribution in [-0.4, -0.2) is 55.8 Å². The molecule has 0 aliphatic carbocycles. The minimum atomic E-state index is -0.163. The summed E-state index contributed by atoms with van der Waals surface area (Å²) in [4.78, 5) is 15.2. The number of aryl methyl sites for hydroxylation is 1. The van der Waals surface area contributed by atoms with Crippen molar-refractivity contribution in [1.29, 1.82) is 0 Å². The summed E-state index contributed by atoms with van der Waals surface area (Å²) in [6.07, 6.45) is 2.17. The number of nitrogens with zero attached hydrogens (tertiary/aromatic N) is 1. The first-order valence-electron chi connectivity index (χ1n) is 11.2. The number of ether oxygens (including phenoxy) is 3. The van der Waals surface area contributed by atoms with Gasteiger partial charge in [0.05, 0.1) is 13.2 Å². The Morgan fingerprint density at radius 1 is 1.16 bits per heavy atom. The van der Waals surface area contributed by atoms with Crippen molar-refractivity contribution in [3.05, 3.63) is 59.2 Å². The molecular formula is C25H30N2O4. The van der Waals surface area contributed by atoms with Crippen LogP contribution in [-0.2, 0) is 11.3 Å². The molecule has 6 nitrogen and oxygen atoms in total. The maximum Gasteiger partial charge on any atom is 0.251 e. The number of piperidine rings is 1. The second-order valence-electron chi connectivity index (χ2n) is 9.03. The zero-order valence-electron chi connectivity index (χ0n) is 18.0. The number of carbonyl (C=O) groups excluding carboxylic acids is 1. The fourth-order valence-electron chi connectivity index (χ4n) is 4.76. The summed E-state index contributed by atoms with van der Waals surface area (Å²) < 4.78 is 17.7. The first-order chi connectivity index (χ1) is 15.1. The maximum atomic E-state index is 12.7. The largest absolute Gasteiger partial charge is 0.486 e. The topological polar surface area (TPSA) is 60.0 Å². The maximum absolute atomic E-state index is 12.7. The van der Waals surface area contributed by atoms with Crippen LogP contribution in [0.1, 0.15) is 34.3 Å². The van der Waals surface area contributed by atoms with E-state index in [0.717, 1.165) is 31.0 Å². The third-order valence-corrected chi connectivity index (χ3v) is 6.42. The lowest BCUT2D eigenvalue weighted by Gasteiger charge is -2.30. The van der Waals surface area contributed by atoms with Gasteiger partial charge >= 0.3 is 0 Å². The molecule has 31 heavy (non-hydrogen) atoms. The normalized spacial score (nSPS) is 26.5. The van der Waals surface area contributed by atoms with Crippen molar-refractivity contribution >= 4 is 5.91 Å². The van der Waals surface area contributed by atoms with Crippen LogP contribution in [0.5, 0.6) is 11.5 Å². The number of hydrogen-bond acceptors (Lipinski definition) is 5. The van der Waals surface area contributed by atoms with Gasteiger partial charge in [0, 0.05) is 24.7 Å². The molecule has 2 saturated heterocycles. The van der Waals surface area contributed by atoms with E-state index in [2.05, 4.69) is 41.4 Å². The van der Waals surface area contributed by atoms with Gasteiger partial charge in [0.25, 0.3) is 5.91 Å². The molecule has 2 aromatic carbocycles. The molecule has 5 rings (SSSR count). The number of rotatable bonds is 6. The highest BCUT2D eigenvalue weighted by atomic mass is 16.6. The fraction of sp³-hybridized carbons (Fsp3) is 0.480.